The highest BCUT2D eigenvalue weighted by Crippen LogP contribution is 2.33. The van der Waals surface area contributed by atoms with Crippen LogP contribution in [0.1, 0.15) is 5.56 Å². The molecule has 2 aromatic carbocycles. The van der Waals surface area contributed by atoms with Gasteiger partial charge in [0, 0.05) is 7.05 Å². The van der Waals surface area contributed by atoms with Gasteiger partial charge in [-0.05, 0) is 30.3 Å². The number of hydrogen-bond acceptors (Lipinski definition) is 3. The number of alkyl halides is 3. The average Bonchev–Trinajstić information content (AvgIpc) is 2.57. The van der Waals surface area contributed by atoms with E-state index in [1.807, 2.05) is 0 Å². The summed E-state index contributed by atoms with van der Waals surface area (Å²) in [5.41, 5.74) is -1.67. The summed E-state index contributed by atoms with van der Waals surface area (Å²) < 4.78 is 77.2. The molecular weight excluding hydrogens is 447 g/mol. The van der Waals surface area contributed by atoms with Crippen LogP contribution in [-0.2, 0) is 21.0 Å². The molecule has 0 unspecified atom stereocenters. The molecule has 0 aliphatic heterocycles. The minimum Gasteiger partial charge on any atom is -0.322 e. The molecule has 5 nitrogen and oxygen atoms in total. The third kappa shape index (κ3) is 4.93. The van der Waals surface area contributed by atoms with Gasteiger partial charge in [-0.15, -0.1) is 0 Å². The minimum absolute atomic E-state index is 0.0581. The van der Waals surface area contributed by atoms with Gasteiger partial charge in [0.05, 0.1) is 32.7 Å². The maximum atomic E-state index is 13.4. The summed E-state index contributed by atoms with van der Waals surface area (Å²) in [5, 5.41) is 2.55. The zero-order valence-corrected chi connectivity index (χ0v) is 16.3. The van der Waals surface area contributed by atoms with Gasteiger partial charge < -0.3 is 5.32 Å². The van der Waals surface area contributed by atoms with E-state index in [0.29, 0.717) is 16.4 Å². The van der Waals surface area contributed by atoms with Crippen molar-refractivity contribution < 1.29 is 30.8 Å². The number of sulfonamides is 1. The van der Waals surface area contributed by atoms with E-state index in [-0.39, 0.29) is 21.8 Å². The van der Waals surface area contributed by atoms with Crippen molar-refractivity contribution in [2.24, 2.45) is 0 Å². The van der Waals surface area contributed by atoms with Crippen LogP contribution >= 0.6 is 23.2 Å². The predicted molar refractivity (Wildman–Crippen MR) is 96.3 cm³/mol. The molecule has 0 aromatic heterocycles. The SMILES string of the molecule is CN(CC(=O)Nc1c(Cl)cccc1Cl)S(=O)(=O)c1ccc(F)c(C(F)(F)F)c1. The number of carbonyl (C=O) groups excluding carboxylic acids is 1. The van der Waals surface area contributed by atoms with Crippen molar-refractivity contribution in [2.75, 3.05) is 18.9 Å². The molecule has 1 N–H and O–H groups in total. The van der Waals surface area contributed by atoms with Gasteiger partial charge in [0.2, 0.25) is 15.9 Å². The predicted octanol–water partition coefficient (Wildman–Crippen LogP) is 4.41. The van der Waals surface area contributed by atoms with Crippen LogP contribution in [0.2, 0.25) is 10.0 Å². The molecule has 2 rings (SSSR count). The zero-order valence-electron chi connectivity index (χ0n) is 14.0. The summed E-state index contributed by atoms with van der Waals surface area (Å²) >= 11 is 11.8. The lowest BCUT2D eigenvalue weighted by molar-refractivity contribution is -0.140. The lowest BCUT2D eigenvalue weighted by atomic mass is 10.2. The topological polar surface area (TPSA) is 66.5 Å². The van der Waals surface area contributed by atoms with E-state index in [1.54, 1.807) is 0 Å². The second-order valence-corrected chi connectivity index (χ2v) is 8.40. The van der Waals surface area contributed by atoms with E-state index in [1.165, 1.54) is 18.2 Å². The molecule has 152 valence electrons. The molecule has 0 atom stereocenters. The molecule has 2 aromatic rings. The largest absolute Gasteiger partial charge is 0.419 e. The van der Waals surface area contributed by atoms with Crippen LogP contribution in [0.25, 0.3) is 0 Å². The normalized spacial score (nSPS) is 12.3. The molecule has 0 radical (unpaired) electrons. The Bertz CT molecular complexity index is 993. The molecule has 0 fully saturated rings. The fraction of sp³-hybridized carbons (Fsp3) is 0.188. The van der Waals surface area contributed by atoms with Crippen LogP contribution in [0.4, 0.5) is 23.2 Å². The fourth-order valence-corrected chi connectivity index (χ4v) is 3.79. The van der Waals surface area contributed by atoms with Crippen molar-refractivity contribution in [1.82, 2.24) is 4.31 Å². The number of hydrogen-bond donors (Lipinski definition) is 1. The van der Waals surface area contributed by atoms with Crippen LogP contribution in [-0.4, -0.2) is 32.2 Å². The summed E-state index contributed by atoms with van der Waals surface area (Å²) in [6.45, 7) is -0.747. The van der Waals surface area contributed by atoms with Crippen molar-refractivity contribution in [2.45, 2.75) is 11.1 Å². The summed E-state index contributed by atoms with van der Waals surface area (Å²) in [5.74, 6) is -2.44. The molecule has 0 saturated carbocycles. The van der Waals surface area contributed by atoms with Crippen molar-refractivity contribution in [3.8, 4) is 0 Å². The third-order valence-electron chi connectivity index (χ3n) is 3.54. The van der Waals surface area contributed by atoms with Crippen LogP contribution < -0.4 is 5.32 Å². The van der Waals surface area contributed by atoms with Crippen molar-refractivity contribution >= 4 is 44.8 Å². The molecule has 0 heterocycles. The highest BCUT2D eigenvalue weighted by Gasteiger charge is 2.36. The number of rotatable bonds is 5. The van der Waals surface area contributed by atoms with Gasteiger partial charge in [-0.2, -0.15) is 17.5 Å². The summed E-state index contributed by atoms with van der Waals surface area (Å²) in [4.78, 5) is 11.3. The van der Waals surface area contributed by atoms with E-state index in [0.717, 1.165) is 7.05 Å². The second kappa shape index (κ2) is 8.24. The number of nitrogens with zero attached hydrogens (tertiary/aromatic N) is 1. The van der Waals surface area contributed by atoms with E-state index in [4.69, 9.17) is 23.2 Å². The Morgan fingerprint density at radius 3 is 2.25 bits per heavy atom. The number of nitrogens with one attached hydrogen (secondary N) is 1. The van der Waals surface area contributed by atoms with Crippen molar-refractivity contribution in [1.29, 1.82) is 0 Å². The standard InChI is InChI=1S/C16H12Cl2F4N2O3S/c1-24(8-14(25)23-15-11(17)3-2-4-12(15)18)28(26,27)9-5-6-13(19)10(7-9)16(20,21)22/h2-7H,8H2,1H3,(H,23,25). The number of benzene rings is 2. The number of halogens is 6. The first-order valence-corrected chi connectivity index (χ1v) is 9.60. The van der Waals surface area contributed by atoms with Crippen LogP contribution in [0, 0.1) is 5.82 Å². The number of anilines is 1. The maximum absolute atomic E-state index is 13.4. The summed E-state index contributed by atoms with van der Waals surface area (Å²) in [6.07, 6.45) is -5.08. The van der Waals surface area contributed by atoms with E-state index in [9.17, 15) is 30.8 Å². The Morgan fingerprint density at radius 1 is 1.14 bits per heavy atom. The van der Waals surface area contributed by atoms with Crippen molar-refractivity contribution in [3.05, 3.63) is 57.8 Å². The molecular formula is C16H12Cl2F4N2O3S. The number of para-hydroxylation sites is 1. The van der Waals surface area contributed by atoms with Crippen LogP contribution in [0.15, 0.2) is 41.3 Å². The Morgan fingerprint density at radius 2 is 1.71 bits per heavy atom. The minimum atomic E-state index is -5.08. The quantitative estimate of drug-likeness (QED) is 0.674. The lowest BCUT2D eigenvalue weighted by Gasteiger charge is -2.18. The van der Waals surface area contributed by atoms with Gasteiger partial charge in [0.1, 0.15) is 5.82 Å². The lowest BCUT2D eigenvalue weighted by Crippen LogP contribution is -2.35. The number of carbonyl (C=O) groups is 1. The van der Waals surface area contributed by atoms with Gasteiger partial charge in [0.25, 0.3) is 0 Å². The highest BCUT2D eigenvalue weighted by atomic mass is 35.5. The molecule has 0 aliphatic carbocycles. The van der Waals surface area contributed by atoms with E-state index < -0.39 is 44.9 Å². The van der Waals surface area contributed by atoms with Gasteiger partial charge in [-0.3, -0.25) is 4.79 Å². The third-order valence-corrected chi connectivity index (χ3v) is 5.97. The Hall–Kier alpha value is -1.88. The molecule has 12 heteroatoms. The number of amides is 1. The Balaban J connectivity index is 2.24. The van der Waals surface area contributed by atoms with Gasteiger partial charge >= 0.3 is 6.18 Å². The fourth-order valence-electron chi connectivity index (χ4n) is 2.15. The molecule has 1 amide bonds. The summed E-state index contributed by atoms with van der Waals surface area (Å²) in [6, 6.07) is 5.67. The van der Waals surface area contributed by atoms with Gasteiger partial charge in [0.15, 0.2) is 0 Å². The molecule has 0 spiro atoms. The monoisotopic (exact) mass is 458 g/mol. The Labute approximate surface area is 167 Å². The molecule has 28 heavy (non-hydrogen) atoms. The molecule has 0 aliphatic rings. The first-order valence-electron chi connectivity index (χ1n) is 7.41. The summed E-state index contributed by atoms with van der Waals surface area (Å²) in [7, 11) is -3.52. The molecule has 0 bridgehead atoms. The highest BCUT2D eigenvalue weighted by molar-refractivity contribution is 7.89. The first-order chi connectivity index (χ1) is 12.8. The molecule has 0 saturated heterocycles. The smallest absolute Gasteiger partial charge is 0.322 e. The van der Waals surface area contributed by atoms with Gasteiger partial charge in [-0.1, -0.05) is 29.3 Å². The Kier molecular flexibility index (Phi) is 6.59. The zero-order chi connectivity index (χ0) is 21.3. The average molecular weight is 459 g/mol. The van der Waals surface area contributed by atoms with Crippen molar-refractivity contribution in [3.63, 3.8) is 0 Å². The van der Waals surface area contributed by atoms with Gasteiger partial charge in [-0.25, -0.2) is 12.8 Å². The van der Waals surface area contributed by atoms with Crippen LogP contribution in [0.5, 0.6) is 0 Å². The number of likely N-dealkylation sites (N-methyl/N-ethyl adjacent to an activating group) is 1. The van der Waals surface area contributed by atoms with E-state index in [2.05, 4.69) is 5.32 Å². The first kappa shape index (κ1) is 22.4. The second-order valence-electron chi connectivity index (χ2n) is 5.55. The maximum Gasteiger partial charge on any atom is 0.419 e. The van der Waals surface area contributed by atoms with Crippen LogP contribution in [0.3, 0.4) is 0 Å². The van der Waals surface area contributed by atoms with E-state index >= 15 is 0 Å².